The summed E-state index contributed by atoms with van der Waals surface area (Å²) in [5.74, 6) is -0.137. The van der Waals surface area contributed by atoms with Gasteiger partial charge in [0.15, 0.2) is 0 Å². The minimum absolute atomic E-state index is 0.137. The first-order valence-electron chi connectivity index (χ1n) is 12.3. The molecule has 2 aliphatic rings. The van der Waals surface area contributed by atoms with E-state index in [9.17, 15) is 13.2 Å². The van der Waals surface area contributed by atoms with Gasteiger partial charge < -0.3 is 14.2 Å². The summed E-state index contributed by atoms with van der Waals surface area (Å²) in [5, 5.41) is 0.692. The molecule has 37 heavy (non-hydrogen) atoms. The summed E-state index contributed by atoms with van der Waals surface area (Å²) >= 11 is 6.39. The number of morpholine rings is 1. The van der Waals surface area contributed by atoms with Crippen LogP contribution in [0, 0.1) is 20.8 Å². The van der Waals surface area contributed by atoms with Crippen molar-refractivity contribution in [3.8, 4) is 5.69 Å². The Morgan fingerprint density at radius 2 is 1.76 bits per heavy atom. The molecule has 0 radical (unpaired) electrons. The van der Waals surface area contributed by atoms with Crippen molar-refractivity contribution in [3.05, 3.63) is 75.6 Å². The quantitative estimate of drug-likeness (QED) is 0.428. The van der Waals surface area contributed by atoms with Crippen LogP contribution in [0.2, 0.25) is 5.02 Å². The van der Waals surface area contributed by atoms with Crippen LogP contribution in [0.5, 0.6) is 0 Å². The highest BCUT2D eigenvalue weighted by Gasteiger charge is 2.34. The molecular formula is C28H30ClN3O4S. The molecule has 1 saturated heterocycles. The van der Waals surface area contributed by atoms with Crippen LogP contribution in [0.1, 0.15) is 35.0 Å². The highest BCUT2D eigenvalue weighted by atomic mass is 35.5. The topological polar surface area (TPSA) is 71.9 Å². The van der Waals surface area contributed by atoms with Gasteiger partial charge in [-0.2, -0.15) is 4.31 Å². The van der Waals surface area contributed by atoms with E-state index in [0.717, 1.165) is 33.9 Å². The molecule has 194 valence electrons. The van der Waals surface area contributed by atoms with Gasteiger partial charge in [-0.3, -0.25) is 4.79 Å². The van der Waals surface area contributed by atoms with Crippen LogP contribution in [0.3, 0.4) is 0 Å². The van der Waals surface area contributed by atoms with Gasteiger partial charge in [-0.15, -0.1) is 0 Å². The number of aryl methyl sites for hydroxylation is 2. The maximum Gasteiger partial charge on any atom is 0.258 e. The van der Waals surface area contributed by atoms with Crippen LogP contribution in [0.4, 0.5) is 5.69 Å². The summed E-state index contributed by atoms with van der Waals surface area (Å²) in [4.78, 5) is 15.3. The number of halogens is 1. The van der Waals surface area contributed by atoms with Gasteiger partial charge in [-0.1, -0.05) is 17.7 Å². The number of sulfonamides is 1. The average Bonchev–Trinajstić information content (AvgIpc) is 3.32. The maximum atomic E-state index is 13.5. The predicted octanol–water partition coefficient (Wildman–Crippen LogP) is 4.98. The van der Waals surface area contributed by atoms with E-state index in [4.69, 9.17) is 16.3 Å². The van der Waals surface area contributed by atoms with Gasteiger partial charge >= 0.3 is 0 Å². The number of benzene rings is 2. The molecule has 7 nitrogen and oxygen atoms in total. The van der Waals surface area contributed by atoms with Crippen molar-refractivity contribution in [1.29, 1.82) is 0 Å². The van der Waals surface area contributed by atoms with Gasteiger partial charge in [0.25, 0.3) is 5.91 Å². The van der Waals surface area contributed by atoms with Crippen LogP contribution < -0.4 is 4.90 Å². The second-order valence-corrected chi connectivity index (χ2v) is 11.7. The highest BCUT2D eigenvalue weighted by Crippen LogP contribution is 2.40. The van der Waals surface area contributed by atoms with Crippen molar-refractivity contribution < 1.29 is 17.9 Å². The van der Waals surface area contributed by atoms with Crippen LogP contribution in [-0.4, -0.2) is 56.0 Å². The largest absolute Gasteiger partial charge is 0.379 e. The number of ether oxygens (including phenoxy) is 1. The fourth-order valence-corrected chi connectivity index (χ4v) is 6.70. The SMILES string of the molecule is CCN1C(=O)/C(=C/c2cc(C)n(-c3ccc(C)c(Cl)c3)c2C)c2cc(S(=O)(=O)N3CCOCC3)ccc21. The maximum absolute atomic E-state index is 13.5. The van der Waals surface area contributed by atoms with Crippen molar-refractivity contribution in [1.82, 2.24) is 8.87 Å². The van der Waals surface area contributed by atoms with Gasteiger partial charge in [0.1, 0.15) is 0 Å². The number of hydrogen-bond acceptors (Lipinski definition) is 4. The molecule has 0 unspecified atom stereocenters. The third kappa shape index (κ3) is 4.42. The molecule has 0 saturated carbocycles. The molecule has 1 aromatic heterocycles. The first-order chi connectivity index (χ1) is 17.6. The van der Waals surface area contributed by atoms with Crippen LogP contribution >= 0.6 is 11.6 Å². The van der Waals surface area contributed by atoms with Crippen molar-refractivity contribution in [2.24, 2.45) is 0 Å². The van der Waals surface area contributed by atoms with Crippen molar-refractivity contribution in [3.63, 3.8) is 0 Å². The number of hydrogen-bond donors (Lipinski definition) is 0. The Bertz CT molecular complexity index is 1530. The molecule has 2 aliphatic heterocycles. The Balaban J connectivity index is 1.60. The second kappa shape index (κ2) is 9.76. The van der Waals surface area contributed by atoms with E-state index in [1.165, 1.54) is 4.31 Å². The summed E-state index contributed by atoms with van der Waals surface area (Å²) in [5.41, 5.74) is 6.65. The zero-order chi connectivity index (χ0) is 26.5. The summed E-state index contributed by atoms with van der Waals surface area (Å²) < 4.78 is 35.5. The van der Waals surface area contributed by atoms with Gasteiger partial charge in [-0.05, 0) is 81.3 Å². The minimum Gasteiger partial charge on any atom is -0.379 e. The molecule has 0 atom stereocenters. The highest BCUT2D eigenvalue weighted by molar-refractivity contribution is 7.89. The number of rotatable bonds is 5. The number of amides is 1. The summed E-state index contributed by atoms with van der Waals surface area (Å²) in [7, 11) is -3.70. The first-order valence-corrected chi connectivity index (χ1v) is 14.2. The lowest BCUT2D eigenvalue weighted by atomic mass is 10.0. The Morgan fingerprint density at radius 1 is 1.03 bits per heavy atom. The summed E-state index contributed by atoms with van der Waals surface area (Å²) in [6.07, 6.45) is 1.87. The van der Waals surface area contributed by atoms with Gasteiger partial charge in [0.2, 0.25) is 10.0 Å². The van der Waals surface area contributed by atoms with Crippen LogP contribution in [0.25, 0.3) is 17.3 Å². The third-order valence-corrected chi connectivity index (χ3v) is 9.43. The molecule has 2 aromatic carbocycles. The van der Waals surface area contributed by atoms with Crippen molar-refractivity contribution in [2.75, 3.05) is 37.7 Å². The smallest absolute Gasteiger partial charge is 0.258 e. The van der Waals surface area contributed by atoms with Gasteiger partial charge in [-0.25, -0.2) is 8.42 Å². The fraction of sp³-hybridized carbons (Fsp3) is 0.321. The zero-order valence-corrected chi connectivity index (χ0v) is 23.0. The van der Waals surface area contributed by atoms with E-state index in [1.54, 1.807) is 23.1 Å². The average molecular weight is 540 g/mol. The Labute approximate surface area is 223 Å². The monoisotopic (exact) mass is 539 g/mol. The van der Waals surface area contributed by atoms with E-state index in [1.807, 2.05) is 58.0 Å². The van der Waals surface area contributed by atoms with E-state index >= 15 is 0 Å². The third-order valence-electron chi connectivity index (χ3n) is 7.13. The number of likely N-dealkylation sites (N-methyl/N-ethyl adjacent to an activating group) is 1. The molecule has 5 rings (SSSR count). The van der Waals surface area contributed by atoms with Crippen molar-refractivity contribution >= 4 is 44.9 Å². The van der Waals surface area contributed by atoms with Crippen LogP contribution in [-0.2, 0) is 19.6 Å². The van der Waals surface area contributed by atoms with Gasteiger partial charge in [0.05, 0.1) is 23.8 Å². The molecule has 0 N–H and O–H groups in total. The number of nitrogens with zero attached hydrogens (tertiary/aromatic N) is 3. The molecule has 0 aliphatic carbocycles. The lowest BCUT2D eigenvalue weighted by molar-refractivity contribution is -0.112. The minimum atomic E-state index is -3.70. The molecule has 3 heterocycles. The van der Waals surface area contributed by atoms with E-state index in [0.29, 0.717) is 49.0 Å². The zero-order valence-electron chi connectivity index (χ0n) is 21.4. The molecule has 0 bridgehead atoms. The number of carbonyl (C=O) groups excluding carboxylic acids is 1. The molecule has 3 aromatic rings. The van der Waals surface area contributed by atoms with Crippen LogP contribution in [0.15, 0.2) is 47.4 Å². The summed E-state index contributed by atoms with van der Waals surface area (Å²) in [6, 6.07) is 12.9. The lowest BCUT2D eigenvalue weighted by Crippen LogP contribution is -2.40. The Morgan fingerprint density at radius 3 is 2.43 bits per heavy atom. The molecule has 9 heteroatoms. The Hall–Kier alpha value is -2.91. The lowest BCUT2D eigenvalue weighted by Gasteiger charge is -2.26. The number of carbonyl (C=O) groups is 1. The molecular weight excluding hydrogens is 510 g/mol. The first kappa shape index (κ1) is 25.7. The molecule has 1 fully saturated rings. The predicted molar refractivity (Wildman–Crippen MR) is 147 cm³/mol. The number of aromatic nitrogens is 1. The van der Waals surface area contributed by atoms with Gasteiger partial charge in [0, 0.05) is 52.9 Å². The standard InChI is InChI=1S/C28H30ClN3O4S/c1-5-31-27-9-8-23(37(34,35)30-10-12-36-13-11-30)17-24(27)25(28(31)33)15-21-14-19(3)32(20(21)4)22-7-6-18(2)26(29)16-22/h6-9,14-17H,5,10-13H2,1-4H3/b25-15+. The van der Waals surface area contributed by atoms with E-state index < -0.39 is 10.0 Å². The summed E-state index contributed by atoms with van der Waals surface area (Å²) in [6.45, 7) is 9.76. The van der Waals surface area contributed by atoms with Crippen molar-refractivity contribution in [2.45, 2.75) is 32.6 Å². The molecule has 1 amide bonds. The molecule has 0 spiro atoms. The number of fused-ring (bicyclic) bond motifs is 1. The normalized spacial score (nSPS) is 17.6. The fourth-order valence-electron chi connectivity index (χ4n) is 5.09. The number of anilines is 1. The van der Waals surface area contributed by atoms with E-state index in [-0.39, 0.29) is 10.8 Å². The second-order valence-electron chi connectivity index (χ2n) is 9.40. The van der Waals surface area contributed by atoms with E-state index in [2.05, 4.69) is 4.57 Å². The Kier molecular flexibility index (Phi) is 6.79.